The van der Waals surface area contributed by atoms with E-state index in [2.05, 4.69) is 0 Å². The zero-order valence-electron chi connectivity index (χ0n) is 11.4. The van der Waals surface area contributed by atoms with Crippen molar-refractivity contribution in [2.75, 3.05) is 13.1 Å². The molecule has 0 aliphatic heterocycles. The van der Waals surface area contributed by atoms with Crippen molar-refractivity contribution in [3.8, 4) is 0 Å². The van der Waals surface area contributed by atoms with Gasteiger partial charge < -0.3 is 5.73 Å². The molecule has 0 amide bonds. The highest BCUT2D eigenvalue weighted by atomic mass is 19.4. The van der Waals surface area contributed by atoms with Crippen LogP contribution in [0.4, 0.5) is 13.2 Å². The van der Waals surface area contributed by atoms with Crippen LogP contribution in [0, 0.1) is 5.41 Å². The molecule has 2 nitrogen and oxygen atoms in total. The molecule has 0 aromatic rings. The third-order valence-electron chi connectivity index (χ3n) is 2.95. The van der Waals surface area contributed by atoms with Crippen LogP contribution < -0.4 is 5.73 Å². The van der Waals surface area contributed by atoms with Crippen LogP contribution in [0.3, 0.4) is 0 Å². The molecule has 0 heterocycles. The summed E-state index contributed by atoms with van der Waals surface area (Å²) in [6.45, 7) is 8.93. The number of hydrogen-bond acceptors (Lipinski definition) is 2. The molecule has 0 saturated carbocycles. The predicted molar refractivity (Wildman–Crippen MR) is 64.8 cm³/mol. The van der Waals surface area contributed by atoms with E-state index in [4.69, 9.17) is 5.73 Å². The van der Waals surface area contributed by atoms with Crippen LogP contribution >= 0.6 is 0 Å². The summed E-state index contributed by atoms with van der Waals surface area (Å²) >= 11 is 0. The summed E-state index contributed by atoms with van der Waals surface area (Å²) in [5.41, 5.74) is 5.72. The van der Waals surface area contributed by atoms with Crippen LogP contribution in [0.15, 0.2) is 0 Å². The molecule has 2 unspecified atom stereocenters. The van der Waals surface area contributed by atoms with Gasteiger partial charge in [0.1, 0.15) is 0 Å². The van der Waals surface area contributed by atoms with Crippen molar-refractivity contribution >= 4 is 0 Å². The van der Waals surface area contributed by atoms with Crippen molar-refractivity contribution in [1.82, 2.24) is 4.90 Å². The van der Waals surface area contributed by atoms with Gasteiger partial charge in [-0.25, -0.2) is 0 Å². The molecule has 5 heteroatoms. The van der Waals surface area contributed by atoms with E-state index in [-0.39, 0.29) is 17.5 Å². The second-order valence-corrected chi connectivity index (χ2v) is 5.56. The van der Waals surface area contributed by atoms with E-state index >= 15 is 0 Å². The van der Waals surface area contributed by atoms with Gasteiger partial charge in [-0.15, -0.1) is 0 Å². The summed E-state index contributed by atoms with van der Waals surface area (Å²) in [7, 11) is 0. The Morgan fingerprint density at radius 3 is 1.82 bits per heavy atom. The molecule has 0 aliphatic rings. The van der Waals surface area contributed by atoms with Crippen LogP contribution in [0.5, 0.6) is 0 Å². The van der Waals surface area contributed by atoms with Gasteiger partial charge in [-0.3, -0.25) is 4.90 Å². The van der Waals surface area contributed by atoms with E-state index < -0.39 is 12.7 Å². The van der Waals surface area contributed by atoms with Gasteiger partial charge in [-0.2, -0.15) is 13.2 Å². The van der Waals surface area contributed by atoms with Gasteiger partial charge in [-0.1, -0.05) is 34.6 Å². The van der Waals surface area contributed by atoms with Gasteiger partial charge in [0.15, 0.2) is 0 Å². The van der Waals surface area contributed by atoms with Gasteiger partial charge in [0.25, 0.3) is 0 Å². The topological polar surface area (TPSA) is 29.3 Å². The zero-order valence-corrected chi connectivity index (χ0v) is 11.4. The average Bonchev–Trinajstić information content (AvgIpc) is 2.12. The number of likely N-dealkylation sites (N-methyl/N-ethyl adjacent to an activating group) is 1. The lowest BCUT2D eigenvalue weighted by Gasteiger charge is -2.43. The fraction of sp³-hybridized carbons (Fsp3) is 1.00. The molecule has 0 saturated heterocycles. The molecule has 104 valence electrons. The number of nitrogens with zero attached hydrogens (tertiary/aromatic N) is 1. The molecule has 0 bridgehead atoms. The Bertz CT molecular complexity index is 221. The first kappa shape index (κ1) is 16.7. The summed E-state index contributed by atoms with van der Waals surface area (Å²) < 4.78 is 37.6. The highest BCUT2D eigenvalue weighted by Gasteiger charge is 2.39. The smallest absolute Gasteiger partial charge is 0.326 e. The normalized spacial score (nSPS) is 17.3. The quantitative estimate of drug-likeness (QED) is 0.817. The lowest BCUT2D eigenvalue weighted by molar-refractivity contribution is -0.156. The maximum atomic E-state index is 12.5. The SMILES string of the molecule is CCC(N)C(N(CC)CC(F)(F)F)C(C)(C)C. The monoisotopic (exact) mass is 254 g/mol. The lowest BCUT2D eigenvalue weighted by atomic mass is 9.80. The first-order chi connectivity index (χ1) is 7.53. The van der Waals surface area contributed by atoms with Crippen LogP contribution in [0.2, 0.25) is 0 Å². The van der Waals surface area contributed by atoms with Crippen molar-refractivity contribution in [3.63, 3.8) is 0 Å². The third-order valence-corrected chi connectivity index (χ3v) is 2.95. The molecular weight excluding hydrogens is 229 g/mol. The van der Waals surface area contributed by atoms with Gasteiger partial charge in [0, 0.05) is 12.1 Å². The summed E-state index contributed by atoms with van der Waals surface area (Å²) in [5.74, 6) is 0. The number of hydrogen-bond donors (Lipinski definition) is 1. The molecule has 0 spiro atoms. The average molecular weight is 254 g/mol. The minimum atomic E-state index is -4.17. The largest absolute Gasteiger partial charge is 0.401 e. The molecule has 0 aliphatic carbocycles. The first-order valence-electron chi connectivity index (χ1n) is 6.09. The minimum Gasteiger partial charge on any atom is -0.326 e. The Kier molecular flexibility index (Phi) is 5.94. The third kappa shape index (κ3) is 5.73. The number of nitrogens with two attached hydrogens (primary N) is 1. The molecule has 2 N–H and O–H groups in total. The highest BCUT2D eigenvalue weighted by Crippen LogP contribution is 2.30. The fourth-order valence-corrected chi connectivity index (χ4v) is 2.32. The Morgan fingerprint density at radius 2 is 1.59 bits per heavy atom. The van der Waals surface area contributed by atoms with Gasteiger partial charge >= 0.3 is 6.18 Å². The molecule has 0 aromatic carbocycles. The van der Waals surface area contributed by atoms with E-state index in [1.54, 1.807) is 6.92 Å². The standard InChI is InChI=1S/C12H25F3N2/c1-6-9(16)10(11(3,4)5)17(7-2)8-12(13,14)15/h9-10H,6-8,16H2,1-5H3. The van der Waals surface area contributed by atoms with E-state index in [9.17, 15) is 13.2 Å². The van der Waals surface area contributed by atoms with E-state index in [0.29, 0.717) is 13.0 Å². The fourth-order valence-electron chi connectivity index (χ4n) is 2.32. The minimum absolute atomic E-state index is 0.239. The molecule has 0 radical (unpaired) electrons. The number of alkyl halides is 3. The van der Waals surface area contributed by atoms with Gasteiger partial charge in [-0.05, 0) is 18.4 Å². The predicted octanol–water partition coefficient (Wildman–Crippen LogP) is 3.02. The molecule has 2 atom stereocenters. The van der Waals surface area contributed by atoms with Crippen molar-refractivity contribution in [2.45, 2.75) is 59.3 Å². The Morgan fingerprint density at radius 1 is 1.12 bits per heavy atom. The van der Waals surface area contributed by atoms with Gasteiger partial charge in [0.2, 0.25) is 0 Å². The van der Waals surface area contributed by atoms with Gasteiger partial charge in [0.05, 0.1) is 6.54 Å². The molecule has 0 fully saturated rings. The lowest BCUT2D eigenvalue weighted by Crippen LogP contribution is -2.56. The second-order valence-electron chi connectivity index (χ2n) is 5.56. The molecular formula is C12H25F3N2. The van der Waals surface area contributed by atoms with Crippen molar-refractivity contribution in [3.05, 3.63) is 0 Å². The van der Waals surface area contributed by atoms with Crippen LogP contribution in [0.25, 0.3) is 0 Å². The first-order valence-corrected chi connectivity index (χ1v) is 6.09. The Balaban J connectivity index is 4.99. The van der Waals surface area contributed by atoms with E-state index in [0.717, 1.165) is 0 Å². The highest BCUT2D eigenvalue weighted by molar-refractivity contribution is 4.91. The summed E-state index contributed by atoms with van der Waals surface area (Å²) in [6, 6.07) is -0.503. The maximum Gasteiger partial charge on any atom is 0.401 e. The van der Waals surface area contributed by atoms with Crippen LogP contribution in [0.1, 0.15) is 41.0 Å². The Hall–Kier alpha value is -0.290. The molecule has 0 rings (SSSR count). The second kappa shape index (κ2) is 6.05. The number of halogens is 3. The van der Waals surface area contributed by atoms with Crippen molar-refractivity contribution < 1.29 is 13.2 Å². The van der Waals surface area contributed by atoms with Crippen molar-refractivity contribution in [2.24, 2.45) is 11.1 Å². The zero-order chi connectivity index (χ0) is 13.9. The van der Waals surface area contributed by atoms with E-state index in [1.165, 1.54) is 4.90 Å². The summed E-state index contributed by atoms with van der Waals surface area (Å²) in [6.07, 6.45) is -3.50. The molecule has 17 heavy (non-hydrogen) atoms. The Labute approximate surface area is 102 Å². The molecule has 0 aromatic heterocycles. The summed E-state index contributed by atoms with van der Waals surface area (Å²) in [5, 5.41) is 0. The van der Waals surface area contributed by atoms with E-state index in [1.807, 2.05) is 27.7 Å². The number of rotatable bonds is 5. The van der Waals surface area contributed by atoms with Crippen LogP contribution in [-0.4, -0.2) is 36.2 Å². The van der Waals surface area contributed by atoms with Crippen LogP contribution in [-0.2, 0) is 0 Å². The maximum absolute atomic E-state index is 12.5. The van der Waals surface area contributed by atoms with Crippen molar-refractivity contribution in [1.29, 1.82) is 0 Å². The summed E-state index contributed by atoms with van der Waals surface area (Å²) in [4.78, 5) is 1.44.